The standard InChI is InChI=1S/C26H20N2O3S/c29-25-24(32-26(30)28-25)22(20-7-4-8-23-21(20)13-14-27-23)15-17-9-11-19(12-10-17)31-16-18-5-2-1-3-6-18/h1-14,29H,15-16H2,(H,28,30). The average Bonchev–Trinajstić information content (AvgIpc) is 3.43. The van der Waals surface area contributed by atoms with E-state index < -0.39 is 0 Å². The highest BCUT2D eigenvalue weighted by molar-refractivity contribution is 7.10. The van der Waals surface area contributed by atoms with Gasteiger partial charge in [-0.15, -0.1) is 0 Å². The number of rotatable bonds is 6. The lowest BCUT2D eigenvalue weighted by atomic mass is 10.00. The van der Waals surface area contributed by atoms with Crippen molar-refractivity contribution in [3.05, 3.63) is 109 Å². The lowest BCUT2D eigenvalue weighted by Gasteiger charge is -2.10. The van der Waals surface area contributed by atoms with Gasteiger partial charge in [0.1, 0.15) is 12.4 Å². The molecule has 2 N–H and O–H groups in total. The minimum Gasteiger partial charge on any atom is -0.493 e. The number of aliphatic imine (C=N–C) groups is 1. The molecule has 0 fully saturated rings. The first-order chi connectivity index (χ1) is 15.7. The van der Waals surface area contributed by atoms with Gasteiger partial charge in [0.2, 0.25) is 5.88 Å². The molecule has 1 aromatic heterocycles. The van der Waals surface area contributed by atoms with Crippen LogP contribution in [-0.4, -0.2) is 16.3 Å². The van der Waals surface area contributed by atoms with Crippen molar-refractivity contribution >= 4 is 34.9 Å². The summed E-state index contributed by atoms with van der Waals surface area (Å²) in [5.74, 6) is 0.685. The molecule has 2 heterocycles. The Bertz CT molecular complexity index is 1470. The van der Waals surface area contributed by atoms with E-state index in [1.807, 2.05) is 78.9 Å². The molecule has 4 aromatic rings. The average molecular weight is 441 g/mol. The lowest BCUT2D eigenvalue weighted by Crippen LogP contribution is -2.27. The van der Waals surface area contributed by atoms with Gasteiger partial charge in [0.15, 0.2) is 0 Å². The third-order valence-electron chi connectivity index (χ3n) is 5.32. The summed E-state index contributed by atoms with van der Waals surface area (Å²) in [4.78, 5) is 19.0. The van der Waals surface area contributed by atoms with Crippen molar-refractivity contribution < 1.29 is 9.84 Å². The number of aromatic amines is 1. The SMILES string of the molecule is O=c1[nH]c(O)c(C(Cc2ccc(OCc3ccccc3)cc2)=c2cccc3c2=CC=N3)s1. The summed E-state index contributed by atoms with van der Waals surface area (Å²) in [5, 5.41) is 12.3. The van der Waals surface area contributed by atoms with Crippen molar-refractivity contribution in [3.63, 3.8) is 0 Å². The number of aromatic nitrogens is 1. The zero-order chi connectivity index (χ0) is 21.9. The quantitative estimate of drug-likeness (QED) is 0.481. The van der Waals surface area contributed by atoms with Crippen LogP contribution >= 0.6 is 11.3 Å². The van der Waals surface area contributed by atoms with Crippen molar-refractivity contribution in [1.29, 1.82) is 0 Å². The molecule has 0 saturated carbocycles. The molecule has 0 atom stereocenters. The molecule has 0 unspecified atom stereocenters. The number of nitrogens with zero attached hydrogens (tertiary/aromatic N) is 1. The molecule has 5 nitrogen and oxygen atoms in total. The first-order valence-electron chi connectivity index (χ1n) is 10.2. The van der Waals surface area contributed by atoms with Crippen molar-refractivity contribution in [1.82, 2.24) is 4.98 Å². The van der Waals surface area contributed by atoms with Crippen LogP contribution in [0.2, 0.25) is 0 Å². The van der Waals surface area contributed by atoms with E-state index in [0.29, 0.717) is 17.9 Å². The Morgan fingerprint density at radius 3 is 2.53 bits per heavy atom. The number of hydrogen-bond donors (Lipinski definition) is 2. The Balaban J connectivity index is 1.48. The van der Waals surface area contributed by atoms with Crippen LogP contribution in [0.5, 0.6) is 11.6 Å². The molecule has 1 aliphatic heterocycles. The third kappa shape index (κ3) is 4.13. The normalized spacial score (nSPS) is 12.9. The van der Waals surface area contributed by atoms with E-state index in [0.717, 1.165) is 49.9 Å². The van der Waals surface area contributed by atoms with E-state index in [9.17, 15) is 9.90 Å². The number of fused-ring (bicyclic) bond motifs is 1. The number of hydrogen-bond acceptors (Lipinski definition) is 5. The van der Waals surface area contributed by atoms with Gasteiger partial charge in [-0.1, -0.05) is 65.9 Å². The van der Waals surface area contributed by atoms with Gasteiger partial charge in [-0.25, -0.2) is 0 Å². The molecular weight excluding hydrogens is 420 g/mol. The molecule has 0 amide bonds. The fourth-order valence-corrected chi connectivity index (χ4v) is 4.55. The summed E-state index contributed by atoms with van der Waals surface area (Å²) in [6, 6.07) is 23.8. The maximum absolute atomic E-state index is 11.9. The second kappa shape index (κ2) is 8.69. The number of ether oxygens (including phenoxy) is 1. The van der Waals surface area contributed by atoms with Gasteiger partial charge in [-0.3, -0.25) is 14.8 Å². The largest absolute Gasteiger partial charge is 0.493 e. The van der Waals surface area contributed by atoms with Crippen LogP contribution in [0.3, 0.4) is 0 Å². The highest BCUT2D eigenvalue weighted by Gasteiger charge is 2.15. The molecular formula is C26H20N2O3S. The summed E-state index contributed by atoms with van der Waals surface area (Å²) in [5.41, 5.74) is 3.92. The molecule has 0 radical (unpaired) electrons. The van der Waals surface area contributed by atoms with E-state index in [4.69, 9.17) is 4.74 Å². The number of thiazole rings is 1. The highest BCUT2D eigenvalue weighted by Crippen LogP contribution is 2.27. The molecule has 0 bridgehead atoms. The van der Waals surface area contributed by atoms with Crippen LogP contribution in [-0.2, 0) is 13.0 Å². The maximum Gasteiger partial charge on any atom is 0.307 e. The van der Waals surface area contributed by atoms with E-state index in [1.54, 1.807) is 6.21 Å². The van der Waals surface area contributed by atoms with E-state index in [1.165, 1.54) is 0 Å². The number of aromatic hydroxyl groups is 1. The third-order valence-corrected chi connectivity index (χ3v) is 6.25. The molecule has 1 aliphatic rings. The van der Waals surface area contributed by atoms with Crippen LogP contribution in [0.15, 0.2) is 82.6 Å². The predicted octanol–water partition coefficient (Wildman–Crippen LogP) is 3.66. The van der Waals surface area contributed by atoms with Gasteiger partial charge in [-0.05, 0) is 52.6 Å². The van der Waals surface area contributed by atoms with Gasteiger partial charge in [0, 0.05) is 11.4 Å². The first kappa shape index (κ1) is 20.0. The summed E-state index contributed by atoms with van der Waals surface area (Å²) < 4.78 is 5.89. The second-order valence-corrected chi connectivity index (χ2v) is 8.43. The van der Waals surface area contributed by atoms with Crippen LogP contribution in [0, 0.1) is 0 Å². The van der Waals surface area contributed by atoms with Gasteiger partial charge in [-0.2, -0.15) is 0 Å². The summed E-state index contributed by atoms with van der Waals surface area (Å²) in [7, 11) is 0. The summed E-state index contributed by atoms with van der Waals surface area (Å²) in [6.45, 7) is 0.509. The fourth-order valence-electron chi connectivity index (χ4n) is 3.77. The maximum atomic E-state index is 11.9. The predicted molar refractivity (Wildman–Crippen MR) is 128 cm³/mol. The van der Waals surface area contributed by atoms with Crippen molar-refractivity contribution in [2.45, 2.75) is 13.0 Å². The lowest BCUT2D eigenvalue weighted by molar-refractivity contribution is 0.306. The summed E-state index contributed by atoms with van der Waals surface area (Å²) >= 11 is 1.01. The number of H-pyrrole nitrogens is 1. The van der Waals surface area contributed by atoms with Gasteiger partial charge >= 0.3 is 4.87 Å². The van der Waals surface area contributed by atoms with E-state index >= 15 is 0 Å². The van der Waals surface area contributed by atoms with Crippen LogP contribution in [0.4, 0.5) is 5.69 Å². The van der Waals surface area contributed by atoms with Crippen LogP contribution in [0.1, 0.15) is 16.0 Å². The molecule has 0 aliphatic carbocycles. The van der Waals surface area contributed by atoms with Crippen LogP contribution in [0.25, 0.3) is 11.6 Å². The zero-order valence-corrected chi connectivity index (χ0v) is 17.9. The fraction of sp³-hybridized carbons (Fsp3) is 0.0769. The smallest absolute Gasteiger partial charge is 0.307 e. The topological polar surface area (TPSA) is 74.7 Å². The molecule has 158 valence electrons. The molecule has 32 heavy (non-hydrogen) atoms. The minimum atomic E-state index is -0.285. The molecule has 0 saturated heterocycles. The number of benzene rings is 3. The first-order valence-corrected chi connectivity index (χ1v) is 11.0. The van der Waals surface area contributed by atoms with E-state index in [2.05, 4.69) is 9.98 Å². The molecule has 0 spiro atoms. The van der Waals surface area contributed by atoms with Crippen molar-refractivity contribution in [2.24, 2.45) is 4.99 Å². The second-order valence-electron chi connectivity index (χ2n) is 7.45. The Morgan fingerprint density at radius 2 is 1.78 bits per heavy atom. The van der Waals surface area contributed by atoms with Gasteiger partial charge < -0.3 is 9.84 Å². The van der Waals surface area contributed by atoms with Crippen molar-refractivity contribution in [2.75, 3.05) is 0 Å². The monoisotopic (exact) mass is 440 g/mol. The molecule has 5 rings (SSSR count). The van der Waals surface area contributed by atoms with Gasteiger partial charge in [0.25, 0.3) is 0 Å². The van der Waals surface area contributed by atoms with Gasteiger partial charge in [0.05, 0.1) is 10.6 Å². The zero-order valence-electron chi connectivity index (χ0n) is 17.1. The Morgan fingerprint density at radius 1 is 0.969 bits per heavy atom. The minimum absolute atomic E-state index is 0.102. The Kier molecular flexibility index (Phi) is 5.44. The van der Waals surface area contributed by atoms with Crippen molar-refractivity contribution in [3.8, 4) is 11.6 Å². The Hall–Kier alpha value is -3.90. The Labute approximate surface area is 188 Å². The van der Waals surface area contributed by atoms with E-state index in [-0.39, 0.29) is 10.8 Å². The summed E-state index contributed by atoms with van der Waals surface area (Å²) in [6.07, 6.45) is 4.27. The molecule has 3 aromatic carbocycles. The number of nitrogens with one attached hydrogen (secondary N) is 1. The highest BCUT2D eigenvalue weighted by atomic mass is 32.1. The molecule has 6 heteroatoms. The van der Waals surface area contributed by atoms with Crippen LogP contribution < -0.4 is 20.0 Å².